The van der Waals surface area contributed by atoms with E-state index in [4.69, 9.17) is 9.47 Å². The fraction of sp³-hybridized carbons (Fsp3) is 0.231. The zero-order chi connectivity index (χ0) is 27.7. The first-order chi connectivity index (χ1) is 18.1. The van der Waals surface area contributed by atoms with Crippen LogP contribution in [-0.4, -0.2) is 44.4 Å². The zero-order valence-corrected chi connectivity index (χ0v) is 21.9. The minimum absolute atomic E-state index is 0.0130. The molecule has 0 spiro atoms. The lowest BCUT2D eigenvalue weighted by Gasteiger charge is -2.27. The molecular weight excluding hydrogens is 512 g/mol. The molecule has 1 atom stereocenters. The number of carbonyl (C=O) groups is 1. The summed E-state index contributed by atoms with van der Waals surface area (Å²) in [5.74, 6) is 0.565. The number of hydrogen-bond acceptors (Lipinski definition) is 8. The first-order valence-corrected chi connectivity index (χ1v) is 13.4. The first kappa shape index (κ1) is 28.1. The molecule has 1 amide bonds. The molecule has 1 N–H and O–H groups in total. The summed E-state index contributed by atoms with van der Waals surface area (Å²) in [4.78, 5) is 23.0. The molecule has 38 heavy (non-hydrogen) atoms. The molecule has 0 heterocycles. The van der Waals surface area contributed by atoms with Crippen LogP contribution in [0.1, 0.15) is 25.0 Å². The number of nitro benzene ring substituents is 1. The second kappa shape index (κ2) is 12.7. The van der Waals surface area contributed by atoms with E-state index in [0.29, 0.717) is 29.4 Å². The summed E-state index contributed by atoms with van der Waals surface area (Å²) in [7, 11) is -3.76. The maximum Gasteiger partial charge on any atom is 0.269 e. The molecular formula is C26H28N4O7S. The summed E-state index contributed by atoms with van der Waals surface area (Å²) in [6, 6.07) is 18.3. The number of rotatable bonds is 12. The Kier molecular flexibility index (Phi) is 9.39. The molecule has 3 aromatic carbocycles. The summed E-state index contributed by atoms with van der Waals surface area (Å²) in [5.41, 5.74) is 4.18. The van der Waals surface area contributed by atoms with Crippen molar-refractivity contribution in [2.75, 3.05) is 17.2 Å². The van der Waals surface area contributed by atoms with Crippen LogP contribution >= 0.6 is 0 Å². The van der Waals surface area contributed by atoms with Crippen molar-refractivity contribution in [3.63, 3.8) is 0 Å². The topological polar surface area (TPSA) is 140 Å². The molecule has 0 saturated carbocycles. The Labute approximate surface area is 220 Å². The van der Waals surface area contributed by atoms with Crippen LogP contribution in [0.2, 0.25) is 0 Å². The second-order valence-electron chi connectivity index (χ2n) is 8.18. The lowest BCUT2D eigenvalue weighted by Crippen LogP contribution is -2.46. The Bertz CT molecular complexity index is 1370. The van der Waals surface area contributed by atoms with Crippen LogP contribution in [0.15, 0.2) is 77.9 Å². The van der Waals surface area contributed by atoms with Gasteiger partial charge in [-0.2, -0.15) is 5.10 Å². The van der Waals surface area contributed by atoms with Crippen molar-refractivity contribution in [2.24, 2.45) is 5.10 Å². The SMILES string of the molecule is CCOc1ccc(N([C@H](C)C(=O)N/N=C\c2ccc(OCc3ccc([N+](=O)[O-])cc3)cc2)S(C)(=O)=O)cc1. The maximum absolute atomic E-state index is 12.7. The zero-order valence-electron chi connectivity index (χ0n) is 21.1. The van der Waals surface area contributed by atoms with E-state index in [1.54, 1.807) is 60.7 Å². The third kappa shape index (κ3) is 7.77. The minimum atomic E-state index is -3.76. The van der Waals surface area contributed by atoms with Crippen molar-refractivity contribution in [2.45, 2.75) is 26.5 Å². The van der Waals surface area contributed by atoms with Gasteiger partial charge in [0.05, 0.1) is 29.7 Å². The maximum atomic E-state index is 12.7. The number of sulfonamides is 1. The predicted molar refractivity (Wildman–Crippen MR) is 144 cm³/mol. The van der Waals surface area contributed by atoms with E-state index in [-0.39, 0.29) is 12.3 Å². The van der Waals surface area contributed by atoms with Crippen molar-refractivity contribution < 1.29 is 27.6 Å². The Morgan fingerprint density at radius 3 is 2.16 bits per heavy atom. The number of amides is 1. The average molecular weight is 541 g/mol. The summed E-state index contributed by atoms with van der Waals surface area (Å²) in [6.45, 7) is 4.03. The lowest BCUT2D eigenvalue weighted by atomic mass is 10.2. The van der Waals surface area contributed by atoms with E-state index in [2.05, 4.69) is 10.5 Å². The highest BCUT2D eigenvalue weighted by atomic mass is 32.2. The molecule has 0 radical (unpaired) electrons. The van der Waals surface area contributed by atoms with Gasteiger partial charge in [0, 0.05) is 12.1 Å². The van der Waals surface area contributed by atoms with E-state index in [1.165, 1.54) is 25.3 Å². The fourth-order valence-corrected chi connectivity index (χ4v) is 4.63. The molecule has 0 saturated heterocycles. The molecule has 0 aliphatic heterocycles. The Morgan fingerprint density at radius 1 is 1.03 bits per heavy atom. The van der Waals surface area contributed by atoms with Crippen molar-refractivity contribution in [1.82, 2.24) is 5.43 Å². The smallest absolute Gasteiger partial charge is 0.269 e. The molecule has 200 valence electrons. The van der Waals surface area contributed by atoms with Gasteiger partial charge in [0.15, 0.2) is 0 Å². The summed E-state index contributed by atoms with van der Waals surface area (Å²) >= 11 is 0. The number of carbonyl (C=O) groups excluding carboxylic acids is 1. The number of nitrogens with one attached hydrogen (secondary N) is 1. The van der Waals surface area contributed by atoms with Crippen LogP contribution in [-0.2, 0) is 21.4 Å². The average Bonchev–Trinajstić information content (AvgIpc) is 2.89. The van der Waals surface area contributed by atoms with E-state index >= 15 is 0 Å². The number of non-ortho nitro benzene ring substituents is 1. The number of ether oxygens (including phenoxy) is 2. The van der Waals surface area contributed by atoms with Gasteiger partial charge in [-0.25, -0.2) is 13.8 Å². The highest BCUT2D eigenvalue weighted by Gasteiger charge is 2.29. The van der Waals surface area contributed by atoms with Crippen molar-refractivity contribution in [3.05, 3.63) is 94.0 Å². The Balaban J connectivity index is 1.57. The normalized spacial score (nSPS) is 12.1. The summed E-state index contributed by atoms with van der Waals surface area (Å²) in [6.07, 6.45) is 2.45. The molecule has 0 bridgehead atoms. The van der Waals surface area contributed by atoms with Crippen LogP contribution in [0, 0.1) is 10.1 Å². The van der Waals surface area contributed by atoms with Crippen LogP contribution in [0.3, 0.4) is 0 Å². The number of nitro groups is 1. The summed E-state index contributed by atoms with van der Waals surface area (Å²) in [5, 5.41) is 14.7. The quantitative estimate of drug-likeness (QED) is 0.209. The van der Waals surface area contributed by atoms with Gasteiger partial charge in [0.1, 0.15) is 24.1 Å². The molecule has 0 unspecified atom stereocenters. The van der Waals surface area contributed by atoms with Crippen molar-refractivity contribution in [3.8, 4) is 11.5 Å². The van der Waals surface area contributed by atoms with Crippen LogP contribution in [0.4, 0.5) is 11.4 Å². The highest BCUT2D eigenvalue weighted by molar-refractivity contribution is 7.92. The van der Waals surface area contributed by atoms with E-state index in [1.807, 2.05) is 6.92 Å². The molecule has 3 rings (SSSR count). The van der Waals surface area contributed by atoms with Gasteiger partial charge in [-0.1, -0.05) is 0 Å². The van der Waals surface area contributed by atoms with Gasteiger partial charge in [-0.3, -0.25) is 19.2 Å². The van der Waals surface area contributed by atoms with E-state index < -0.39 is 26.9 Å². The lowest BCUT2D eigenvalue weighted by molar-refractivity contribution is -0.384. The van der Waals surface area contributed by atoms with Gasteiger partial charge < -0.3 is 9.47 Å². The predicted octanol–water partition coefficient (Wildman–Crippen LogP) is 3.88. The highest BCUT2D eigenvalue weighted by Crippen LogP contribution is 2.24. The summed E-state index contributed by atoms with van der Waals surface area (Å²) < 4.78 is 37.0. The van der Waals surface area contributed by atoms with E-state index in [0.717, 1.165) is 16.1 Å². The van der Waals surface area contributed by atoms with Gasteiger partial charge in [0.2, 0.25) is 10.0 Å². The van der Waals surface area contributed by atoms with Crippen LogP contribution in [0.25, 0.3) is 0 Å². The third-order valence-corrected chi connectivity index (χ3v) is 6.55. The number of benzene rings is 3. The Morgan fingerprint density at radius 2 is 1.61 bits per heavy atom. The van der Waals surface area contributed by atoms with Crippen LogP contribution < -0.4 is 19.2 Å². The Hall–Kier alpha value is -4.45. The van der Waals surface area contributed by atoms with Gasteiger partial charge in [0.25, 0.3) is 11.6 Å². The van der Waals surface area contributed by atoms with E-state index in [9.17, 15) is 23.3 Å². The molecule has 0 aromatic heterocycles. The number of hydrogen-bond donors (Lipinski definition) is 1. The molecule has 0 aliphatic carbocycles. The number of anilines is 1. The minimum Gasteiger partial charge on any atom is -0.494 e. The standard InChI is InChI=1S/C26H28N4O7S/c1-4-36-24-15-11-22(12-16-24)29(38(3,34)35)19(2)26(31)28-27-17-20-7-13-25(14-8-20)37-18-21-5-9-23(10-6-21)30(32)33/h5-17,19H,4,18H2,1-3H3,(H,28,31)/b27-17-/t19-/m1/s1. The van der Waals surface area contributed by atoms with Crippen molar-refractivity contribution >= 4 is 33.5 Å². The third-order valence-electron chi connectivity index (χ3n) is 5.31. The fourth-order valence-electron chi connectivity index (χ4n) is 3.46. The largest absolute Gasteiger partial charge is 0.494 e. The monoisotopic (exact) mass is 540 g/mol. The number of nitrogens with zero attached hydrogens (tertiary/aromatic N) is 3. The van der Waals surface area contributed by atoms with Gasteiger partial charge in [-0.05, 0) is 85.6 Å². The number of hydrazone groups is 1. The molecule has 0 aliphatic rings. The van der Waals surface area contributed by atoms with Crippen LogP contribution in [0.5, 0.6) is 11.5 Å². The molecule has 11 nitrogen and oxygen atoms in total. The van der Waals surface area contributed by atoms with Crippen molar-refractivity contribution in [1.29, 1.82) is 0 Å². The molecule has 12 heteroatoms. The van der Waals surface area contributed by atoms with Gasteiger partial charge in [-0.15, -0.1) is 0 Å². The molecule has 0 fully saturated rings. The first-order valence-electron chi connectivity index (χ1n) is 11.6. The van der Waals surface area contributed by atoms with Gasteiger partial charge >= 0.3 is 0 Å². The molecule has 3 aromatic rings. The second-order valence-corrected chi connectivity index (χ2v) is 10.0.